The molecule has 0 atom stereocenters. The van der Waals surface area contributed by atoms with E-state index >= 15 is 0 Å². The van der Waals surface area contributed by atoms with E-state index in [1.54, 1.807) is 24.3 Å². The SMILES string of the molecule is CCNS(=O)(=O)c1ccc(N)c(NCc2nc(C)cs2)c1. The van der Waals surface area contributed by atoms with E-state index in [0.29, 0.717) is 24.5 Å². The number of nitrogens with zero attached hydrogens (tertiary/aromatic N) is 1. The van der Waals surface area contributed by atoms with Gasteiger partial charge < -0.3 is 11.1 Å². The lowest BCUT2D eigenvalue weighted by Crippen LogP contribution is -2.23. The third-order valence-corrected chi connectivity index (χ3v) is 5.28. The molecule has 0 aliphatic rings. The predicted octanol–water partition coefficient (Wildman–Crippen LogP) is 1.94. The van der Waals surface area contributed by atoms with Crippen LogP contribution in [0.3, 0.4) is 0 Å². The van der Waals surface area contributed by atoms with E-state index in [9.17, 15) is 8.42 Å². The number of nitrogens with one attached hydrogen (secondary N) is 2. The normalized spacial score (nSPS) is 11.5. The summed E-state index contributed by atoms with van der Waals surface area (Å²) in [5.74, 6) is 0. The molecular weight excluding hydrogens is 308 g/mol. The van der Waals surface area contributed by atoms with Crippen molar-refractivity contribution >= 4 is 32.7 Å². The Bertz CT molecular complexity index is 726. The molecule has 4 N–H and O–H groups in total. The van der Waals surface area contributed by atoms with Crippen LogP contribution in [0.2, 0.25) is 0 Å². The van der Waals surface area contributed by atoms with Gasteiger partial charge in [-0.25, -0.2) is 18.1 Å². The Labute approximate surface area is 128 Å². The first-order chi connectivity index (χ1) is 9.92. The molecule has 8 heteroatoms. The van der Waals surface area contributed by atoms with E-state index in [2.05, 4.69) is 15.0 Å². The molecule has 0 fully saturated rings. The Balaban J connectivity index is 2.19. The highest BCUT2D eigenvalue weighted by Gasteiger charge is 2.14. The molecule has 6 nitrogen and oxygen atoms in total. The smallest absolute Gasteiger partial charge is 0.240 e. The fourth-order valence-electron chi connectivity index (χ4n) is 1.78. The van der Waals surface area contributed by atoms with Crippen LogP contribution in [0.1, 0.15) is 17.6 Å². The number of hydrogen-bond donors (Lipinski definition) is 3. The molecule has 0 amide bonds. The van der Waals surface area contributed by atoms with Crippen LogP contribution in [0.25, 0.3) is 0 Å². The third kappa shape index (κ3) is 3.93. The van der Waals surface area contributed by atoms with E-state index in [1.807, 2.05) is 12.3 Å². The van der Waals surface area contributed by atoms with Crippen molar-refractivity contribution in [2.24, 2.45) is 0 Å². The predicted molar refractivity (Wildman–Crippen MR) is 85.9 cm³/mol. The lowest BCUT2D eigenvalue weighted by atomic mass is 10.2. The summed E-state index contributed by atoms with van der Waals surface area (Å²) in [6.07, 6.45) is 0. The van der Waals surface area contributed by atoms with Gasteiger partial charge in [-0.15, -0.1) is 11.3 Å². The zero-order valence-electron chi connectivity index (χ0n) is 11.9. The molecule has 114 valence electrons. The number of benzene rings is 1. The molecule has 0 saturated carbocycles. The monoisotopic (exact) mass is 326 g/mol. The zero-order valence-corrected chi connectivity index (χ0v) is 13.5. The summed E-state index contributed by atoms with van der Waals surface area (Å²) in [4.78, 5) is 4.53. The largest absolute Gasteiger partial charge is 0.397 e. The van der Waals surface area contributed by atoms with Crippen molar-refractivity contribution in [3.05, 3.63) is 34.3 Å². The minimum absolute atomic E-state index is 0.191. The number of thiazole rings is 1. The molecule has 0 spiro atoms. The summed E-state index contributed by atoms with van der Waals surface area (Å²) >= 11 is 1.55. The number of sulfonamides is 1. The summed E-state index contributed by atoms with van der Waals surface area (Å²) < 4.78 is 26.4. The van der Waals surface area contributed by atoms with Crippen LogP contribution < -0.4 is 15.8 Å². The first kappa shape index (κ1) is 15.7. The van der Waals surface area contributed by atoms with Gasteiger partial charge in [-0.05, 0) is 25.1 Å². The quantitative estimate of drug-likeness (QED) is 0.705. The molecule has 0 unspecified atom stereocenters. The Morgan fingerprint density at radius 1 is 1.38 bits per heavy atom. The standard InChI is InChI=1S/C13H18N4O2S2/c1-3-16-21(18,19)10-4-5-11(14)12(6-10)15-7-13-17-9(2)8-20-13/h4-6,8,15-16H,3,7,14H2,1-2H3. The van der Waals surface area contributed by atoms with E-state index in [4.69, 9.17) is 5.73 Å². The molecular formula is C13H18N4O2S2. The Kier molecular flexibility index (Phi) is 4.81. The number of hydrogen-bond acceptors (Lipinski definition) is 6. The maximum Gasteiger partial charge on any atom is 0.240 e. The summed E-state index contributed by atoms with van der Waals surface area (Å²) in [5, 5.41) is 6.02. The Morgan fingerprint density at radius 2 is 2.14 bits per heavy atom. The number of anilines is 2. The van der Waals surface area contributed by atoms with Crippen molar-refractivity contribution in [3.63, 3.8) is 0 Å². The van der Waals surface area contributed by atoms with Crippen molar-refractivity contribution in [2.45, 2.75) is 25.3 Å². The van der Waals surface area contributed by atoms with Crippen LogP contribution in [0.4, 0.5) is 11.4 Å². The molecule has 1 aromatic heterocycles. The van der Waals surface area contributed by atoms with E-state index < -0.39 is 10.0 Å². The second kappa shape index (κ2) is 6.42. The van der Waals surface area contributed by atoms with Crippen molar-refractivity contribution in [3.8, 4) is 0 Å². The van der Waals surface area contributed by atoms with Gasteiger partial charge in [0.1, 0.15) is 5.01 Å². The fraction of sp³-hybridized carbons (Fsp3) is 0.308. The van der Waals surface area contributed by atoms with Gasteiger partial charge in [0.15, 0.2) is 0 Å². The van der Waals surface area contributed by atoms with E-state index in [-0.39, 0.29) is 4.90 Å². The highest BCUT2D eigenvalue weighted by Crippen LogP contribution is 2.23. The van der Waals surface area contributed by atoms with Gasteiger partial charge in [-0.1, -0.05) is 6.92 Å². The van der Waals surface area contributed by atoms with Crippen molar-refractivity contribution in [2.75, 3.05) is 17.6 Å². The van der Waals surface area contributed by atoms with Gasteiger partial charge >= 0.3 is 0 Å². The molecule has 0 aliphatic carbocycles. The molecule has 0 bridgehead atoms. The highest BCUT2D eigenvalue weighted by atomic mass is 32.2. The van der Waals surface area contributed by atoms with E-state index in [1.165, 1.54) is 12.1 Å². The van der Waals surface area contributed by atoms with Crippen LogP contribution in [0.15, 0.2) is 28.5 Å². The molecule has 2 rings (SSSR count). The second-order valence-electron chi connectivity index (χ2n) is 4.49. The Hall–Kier alpha value is -1.64. The molecule has 0 radical (unpaired) electrons. The third-order valence-electron chi connectivity index (χ3n) is 2.77. The molecule has 2 aromatic rings. The summed E-state index contributed by atoms with van der Waals surface area (Å²) in [6, 6.07) is 4.61. The average Bonchev–Trinajstić information content (AvgIpc) is 2.83. The number of nitrogens with two attached hydrogens (primary N) is 1. The molecule has 0 saturated heterocycles. The topological polar surface area (TPSA) is 97.1 Å². The average molecular weight is 326 g/mol. The second-order valence-corrected chi connectivity index (χ2v) is 7.20. The summed E-state index contributed by atoms with van der Waals surface area (Å²) in [6.45, 7) is 4.51. The van der Waals surface area contributed by atoms with Gasteiger partial charge in [0.05, 0.1) is 22.8 Å². The Morgan fingerprint density at radius 3 is 2.76 bits per heavy atom. The van der Waals surface area contributed by atoms with Crippen molar-refractivity contribution in [1.82, 2.24) is 9.71 Å². The summed E-state index contributed by atoms with van der Waals surface area (Å²) in [5.41, 5.74) is 7.93. The van der Waals surface area contributed by atoms with Crippen LogP contribution in [-0.2, 0) is 16.6 Å². The minimum atomic E-state index is -3.49. The molecule has 21 heavy (non-hydrogen) atoms. The van der Waals surface area contributed by atoms with Crippen LogP contribution >= 0.6 is 11.3 Å². The van der Waals surface area contributed by atoms with E-state index in [0.717, 1.165) is 10.7 Å². The maximum absolute atomic E-state index is 12.0. The zero-order chi connectivity index (χ0) is 15.5. The van der Waals surface area contributed by atoms with Crippen molar-refractivity contribution in [1.29, 1.82) is 0 Å². The van der Waals surface area contributed by atoms with Crippen LogP contribution in [0.5, 0.6) is 0 Å². The first-order valence-electron chi connectivity index (χ1n) is 6.46. The number of aryl methyl sites for hydroxylation is 1. The van der Waals surface area contributed by atoms with Gasteiger partial charge in [0.2, 0.25) is 10.0 Å². The number of aromatic nitrogens is 1. The number of nitrogen functional groups attached to an aromatic ring is 1. The van der Waals surface area contributed by atoms with Crippen LogP contribution in [-0.4, -0.2) is 19.9 Å². The van der Waals surface area contributed by atoms with Gasteiger partial charge in [0.25, 0.3) is 0 Å². The highest BCUT2D eigenvalue weighted by molar-refractivity contribution is 7.89. The first-order valence-corrected chi connectivity index (χ1v) is 8.82. The van der Waals surface area contributed by atoms with Gasteiger partial charge in [-0.2, -0.15) is 0 Å². The maximum atomic E-state index is 12.0. The summed E-state index contributed by atoms with van der Waals surface area (Å²) in [7, 11) is -3.49. The fourth-order valence-corrected chi connectivity index (χ4v) is 3.56. The molecule has 0 aliphatic heterocycles. The van der Waals surface area contributed by atoms with Gasteiger partial charge in [-0.3, -0.25) is 0 Å². The van der Waals surface area contributed by atoms with Gasteiger partial charge in [0, 0.05) is 17.6 Å². The minimum Gasteiger partial charge on any atom is -0.397 e. The lowest BCUT2D eigenvalue weighted by Gasteiger charge is -2.11. The molecule has 1 aromatic carbocycles. The number of rotatable bonds is 6. The van der Waals surface area contributed by atoms with Crippen LogP contribution in [0, 0.1) is 6.92 Å². The lowest BCUT2D eigenvalue weighted by molar-refractivity contribution is 0.584. The molecule has 1 heterocycles. The van der Waals surface area contributed by atoms with Crippen molar-refractivity contribution < 1.29 is 8.42 Å².